The second-order valence-electron chi connectivity index (χ2n) is 3.85. The summed E-state index contributed by atoms with van der Waals surface area (Å²) in [5.74, 6) is 1.43. The molecule has 0 fully saturated rings. The minimum absolute atomic E-state index is 0.190. The molecule has 2 N–H and O–H groups in total. The predicted molar refractivity (Wildman–Crippen MR) is 60.5 cm³/mol. The van der Waals surface area contributed by atoms with Crippen molar-refractivity contribution in [2.24, 2.45) is 11.7 Å². The van der Waals surface area contributed by atoms with Gasteiger partial charge in [0.1, 0.15) is 5.75 Å². The number of ether oxygens (including phenoxy) is 1. The Morgan fingerprint density at radius 3 is 3.07 bits per heavy atom. The molecule has 1 aromatic rings. The standard InChI is InChI=1S/C11H14BrNO/c1-7(13)8-5-9-10(12)3-2-4-11(9)14-6-8/h2-4,7-8H,5-6,13H2,1H3/t7-,8?/m1/s1. The van der Waals surface area contributed by atoms with Gasteiger partial charge in [0, 0.05) is 22.0 Å². The van der Waals surface area contributed by atoms with Gasteiger partial charge >= 0.3 is 0 Å². The van der Waals surface area contributed by atoms with Crippen molar-refractivity contribution in [3.63, 3.8) is 0 Å². The van der Waals surface area contributed by atoms with Crippen LogP contribution in [0.4, 0.5) is 0 Å². The Morgan fingerprint density at radius 1 is 1.57 bits per heavy atom. The van der Waals surface area contributed by atoms with E-state index >= 15 is 0 Å². The molecule has 0 aliphatic carbocycles. The molecule has 1 aliphatic rings. The number of benzene rings is 1. The third-order valence-corrected chi connectivity index (χ3v) is 3.48. The lowest BCUT2D eigenvalue weighted by Gasteiger charge is -2.28. The molecule has 2 atom stereocenters. The van der Waals surface area contributed by atoms with Crippen molar-refractivity contribution in [3.05, 3.63) is 28.2 Å². The van der Waals surface area contributed by atoms with E-state index in [1.165, 1.54) is 5.56 Å². The van der Waals surface area contributed by atoms with E-state index in [4.69, 9.17) is 10.5 Å². The fraction of sp³-hybridized carbons (Fsp3) is 0.455. The highest BCUT2D eigenvalue weighted by Gasteiger charge is 2.23. The third-order valence-electron chi connectivity index (χ3n) is 2.74. The Hall–Kier alpha value is -0.540. The van der Waals surface area contributed by atoms with E-state index in [1.807, 2.05) is 25.1 Å². The van der Waals surface area contributed by atoms with Crippen molar-refractivity contribution in [2.75, 3.05) is 6.61 Å². The number of hydrogen-bond acceptors (Lipinski definition) is 2. The van der Waals surface area contributed by atoms with Gasteiger partial charge in [-0.05, 0) is 25.5 Å². The van der Waals surface area contributed by atoms with E-state index in [0.29, 0.717) is 5.92 Å². The van der Waals surface area contributed by atoms with Crippen molar-refractivity contribution >= 4 is 15.9 Å². The molecule has 0 radical (unpaired) electrons. The van der Waals surface area contributed by atoms with Gasteiger partial charge in [-0.3, -0.25) is 0 Å². The van der Waals surface area contributed by atoms with Gasteiger partial charge < -0.3 is 10.5 Å². The lowest BCUT2D eigenvalue weighted by Crippen LogP contribution is -2.35. The van der Waals surface area contributed by atoms with Crippen molar-refractivity contribution in [2.45, 2.75) is 19.4 Å². The molecule has 14 heavy (non-hydrogen) atoms. The van der Waals surface area contributed by atoms with Crippen molar-refractivity contribution in [1.29, 1.82) is 0 Å². The first-order chi connectivity index (χ1) is 6.68. The molecule has 0 bridgehead atoms. The molecule has 76 valence electrons. The normalized spacial score (nSPS) is 22.4. The molecule has 0 saturated carbocycles. The zero-order valence-corrected chi connectivity index (χ0v) is 9.75. The molecule has 0 amide bonds. The van der Waals surface area contributed by atoms with Crippen LogP contribution in [0.3, 0.4) is 0 Å². The largest absolute Gasteiger partial charge is 0.493 e. The van der Waals surface area contributed by atoms with Gasteiger partial charge in [-0.2, -0.15) is 0 Å². The number of halogens is 1. The molecular weight excluding hydrogens is 242 g/mol. The number of rotatable bonds is 1. The van der Waals surface area contributed by atoms with Crippen LogP contribution in [-0.2, 0) is 6.42 Å². The van der Waals surface area contributed by atoms with E-state index in [-0.39, 0.29) is 6.04 Å². The molecule has 1 aliphatic heterocycles. The summed E-state index contributed by atoms with van der Waals surface area (Å²) >= 11 is 3.54. The van der Waals surface area contributed by atoms with Gasteiger partial charge in [-0.25, -0.2) is 0 Å². The summed E-state index contributed by atoms with van der Waals surface area (Å²) in [7, 11) is 0. The van der Waals surface area contributed by atoms with Gasteiger partial charge in [0.15, 0.2) is 0 Å². The Balaban J connectivity index is 2.29. The second-order valence-corrected chi connectivity index (χ2v) is 4.71. The molecular formula is C11H14BrNO. The van der Waals surface area contributed by atoms with Gasteiger partial charge in [-0.1, -0.05) is 22.0 Å². The fourth-order valence-corrected chi connectivity index (χ4v) is 2.24. The van der Waals surface area contributed by atoms with E-state index < -0.39 is 0 Å². The second kappa shape index (κ2) is 3.91. The number of nitrogens with two attached hydrogens (primary N) is 1. The van der Waals surface area contributed by atoms with Crippen LogP contribution in [0, 0.1) is 5.92 Å². The Bertz CT molecular complexity index is 338. The number of hydrogen-bond donors (Lipinski definition) is 1. The Labute approximate surface area is 92.6 Å². The topological polar surface area (TPSA) is 35.2 Å². The quantitative estimate of drug-likeness (QED) is 0.837. The first kappa shape index (κ1) is 9.99. The molecule has 0 saturated heterocycles. The van der Waals surface area contributed by atoms with Crippen LogP contribution in [0.15, 0.2) is 22.7 Å². The molecule has 1 unspecified atom stereocenters. The summed E-state index contributed by atoms with van der Waals surface area (Å²) < 4.78 is 6.79. The molecule has 0 spiro atoms. The molecule has 1 aromatic carbocycles. The van der Waals surface area contributed by atoms with Crippen LogP contribution in [0.2, 0.25) is 0 Å². The minimum atomic E-state index is 0.190. The van der Waals surface area contributed by atoms with E-state index in [2.05, 4.69) is 15.9 Å². The first-order valence-corrected chi connectivity index (χ1v) is 5.63. The molecule has 2 nitrogen and oxygen atoms in total. The molecule has 1 heterocycles. The number of fused-ring (bicyclic) bond motifs is 1. The summed E-state index contributed by atoms with van der Waals surface area (Å²) in [6.45, 7) is 2.77. The minimum Gasteiger partial charge on any atom is -0.493 e. The highest BCUT2D eigenvalue weighted by molar-refractivity contribution is 9.10. The van der Waals surface area contributed by atoms with Gasteiger partial charge in [0.25, 0.3) is 0 Å². The third kappa shape index (κ3) is 1.79. The van der Waals surface area contributed by atoms with Crippen LogP contribution >= 0.6 is 15.9 Å². The van der Waals surface area contributed by atoms with Crippen LogP contribution in [0.5, 0.6) is 5.75 Å². The summed E-state index contributed by atoms with van der Waals surface area (Å²) in [6, 6.07) is 6.24. The Kier molecular flexibility index (Phi) is 2.79. The maximum Gasteiger partial charge on any atom is 0.123 e. The van der Waals surface area contributed by atoms with Crippen LogP contribution in [0.25, 0.3) is 0 Å². The smallest absolute Gasteiger partial charge is 0.123 e. The highest BCUT2D eigenvalue weighted by Crippen LogP contribution is 2.33. The van der Waals surface area contributed by atoms with Gasteiger partial charge in [0.2, 0.25) is 0 Å². The fourth-order valence-electron chi connectivity index (χ4n) is 1.73. The summed E-state index contributed by atoms with van der Waals surface area (Å²) in [5, 5.41) is 0. The maximum absolute atomic E-state index is 5.88. The van der Waals surface area contributed by atoms with Gasteiger partial charge in [0.05, 0.1) is 6.61 Å². The molecule has 0 aromatic heterocycles. The highest BCUT2D eigenvalue weighted by atomic mass is 79.9. The molecule has 3 heteroatoms. The van der Waals surface area contributed by atoms with Gasteiger partial charge in [-0.15, -0.1) is 0 Å². The van der Waals surface area contributed by atoms with E-state index in [9.17, 15) is 0 Å². The molecule has 2 rings (SSSR count). The monoisotopic (exact) mass is 255 g/mol. The van der Waals surface area contributed by atoms with Crippen molar-refractivity contribution in [3.8, 4) is 5.75 Å². The summed E-state index contributed by atoms with van der Waals surface area (Å²) in [4.78, 5) is 0. The zero-order valence-electron chi connectivity index (χ0n) is 8.16. The van der Waals surface area contributed by atoms with Crippen LogP contribution in [0.1, 0.15) is 12.5 Å². The van der Waals surface area contributed by atoms with Crippen LogP contribution in [-0.4, -0.2) is 12.6 Å². The van der Waals surface area contributed by atoms with E-state index in [1.54, 1.807) is 0 Å². The summed E-state index contributed by atoms with van der Waals surface area (Å²) in [5.41, 5.74) is 7.13. The lowest BCUT2D eigenvalue weighted by atomic mass is 9.92. The maximum atomic E-state index is 5.88. The van der Waals surface area contributed by atoms with Crippen LogP contribution < -0.4 is 10.5 Å². The summed E-state index contributed by atoms with van der Waals surface area (Å²) in [6.07, 6.45) is 1.01. The SMILES string of the molecule is C[C@@H](N)C1COc2cccc(Br)c2C1. The Morgan fingerprint density at radius 2 is 2.36 bits per heavy atom. The first-order valence-electron chi connectivity index (χ1n) is 4.84. The van der Waals surface area contributed by atoms with E-state index in [0.717, 1.165) is 23.2 Å². The van der Waals surface area contributed by atoms with Crippen molar-refractivity contribution in [1.82, 2.24) is 0 Å². The average molecular weight is 256 g/mol. The zero-order chi connectivity index (χ0) is 10.1. The lowest BCUT2D eigenvalue weighted by molar-refractivity contribution is 0.204. The van der Waals surface area contributed by atoms with Crippen molar-refractivity contribution < 1.29 is 4.74 Å². The predicted octanol–water partition coefficient (Wildman–Crippen LogP) is 2.35. The average Bonchev–Trinajstić information content (AvgIpc) is 2.18.